The van der Waals surface area contributed by atoms with Gasteiger partial charge in [0.25, 0.3) is 0 Å². The fraction of sp³-hybridized carbons (Fsp3) is 0.500. The molecule has 2 aliphatic carbocycles. The quantitative estimate of drug-likeness (QED) is 0.687. The Bertz CT molecular complexity index is 694. The lowest BCUT2D eigenvalue weighted by atomic mass is 9.70. The molecule has 2 bridgehead atoms. The van der Waals surface area contributed by atoms with Gasteiger partial charge < -0.3 is 10.1 Å². The smallest absolute Gasteiger partial charge is 0.339 e. The molecule has 1 aromatic rings. The normalized spacial score (nSPS) is 27.8. The minimum Gasteiger partial charge on any atom is -0.465 e. The molecule has 0 aliphatic heterocycles. The fourth-order valence-electron chi connectivity index (χ4n) is 4.10. The van der Waals surface area contributed by atoms with Crippen molar-refractivity contribution in [1.82, 2.24) is 0 Å². The van der Waals surface area contributed by atoms with Crippen LogP contribution in [0.15, 0.2) is 24.3 Å². The molecule has 1 amide bonds. The molecule has 122 valence electrons. The number of esters is 1. The van der Waals surface area contributed by atoms with Gasteiger partial charge in [-0.25, -0.2) is 4.79 Å². The summed E-state index contributed by atoms with van der Waals surface area (Å²) in [5.41, 5.74) is -0.715. The number of nitrogens with one attached hydrogen (secondary N) is 1. The van der Waals surface area contributed by atoms with Crippen LogP contribution in [0.2, 0.25) is 0 Å². The number of benzene rings is 1. The van der Waals surface area contributed by atoms with Crippen LogP contribution in [-0.2, 0) is 14.3 Å². The summed E-state index contributed by atoms with van der Waals surface area (Å²) in [5.74, 6) is -0.529. The number of hydrogen-bond donors (Lipinski definition) is 1. The van der Waals surface area contributed by atoms with E-state index in [1.807, 2.05) is 13.8 Å². The monoisotopic (exact) mass is 315 g/mol. The zero-order valence-electron chi connectivity index (χ0n) is 13.6. The SMILES string of the molecule is COC(=O)c1ccccc1NC(=O)[C@]12CC[C@H](C1)C(C)(C)C2=O. The average Bonchev–Trinajstić information content (AvgIpc) is 3.07. The molecule has 0 aromatic heterocycles. The molecule has 0 unspecified atom stereocenters. The Morgan fingerprint density at radius 3 is 2.57 bits per heavy atom. The molecular formula is C18H21NO4. The third-order valence-electron chi connectivity index (χ3n) is 5.57. The zero-order valence-corrected chi connectivity index (χ0v) is 13.6. The number of ether oxygens (including phenoxy) is 1. The zero-order chi connectivity index (χ0) is 16.8. The van der Waals surface area contributed by atoms with Crippen molar-refractivity contribution in [1.29, 1.82) is 0 Å². The lowest BCUT2D eigenvalue weighted by molar-refractivity contribution is -0.142. The van der Waals surface area contributed by atoms with E-state index < -0.39 is 16.8 Å². The van der Waals surface area contributed by atoms with Crippen molar-refractivity contribution in [3.63, 3.8) is 0 Å². The Hall–Kier alpha value is -2.17. The molecule has 5 heteroatoms. The minimum atomic E-state index is -0.947. The highest BCUT2D eigenvalue weighted by molar-refractivity contribution is 6.16. The van der Waals surface area contributed by atoms with Gasteiger partial charge in [0.15, 0.2) is 5.78 Å². The van der Waals surface area contributed by atoms with E-state index in [9.17, 15) is 14.4 Å². The highest BCUT2D eigenvalue weighted by atomic mass is 16.5. The summed E-state index contributed by atoms with van der Waals surface area (Å²) in [7, 11) is 1.30. The Balaban J connectivity index is 1.89. The maximum atomic E-state index is 12.9. The number of anilines is 1. The minimum absolute atomic E-state index is 0.0225. The number of fused-ring (bicyclic) bond motifs is 2. The van der Waals surface area contributed by atoms with Gasteiger partial charge in [-0.1, -0.05) is 26.0 Å². The van der Waals surface area contributed by atoms with Crippen LogP contribution in [0.25, 0.3) is 0 Å². The maximum absolute atomic E-state index is 12.9. The van der Waals surface area contributed by atoms with Gasteiger partial charge in [0, 0.05) is 5.41 Å². The number of carbonyl (C=O) groups excluding carboxylic acids is 3. The van der Waals surface area contributed by atoms with Crippen LogP contribution < -0.4 is 5.32 Å². The first kappa shape index (κ1) is 15.7. The van der Waals surface area contributed by atoms with Crippen molar-refractivity contribution in [2.24, 2.45) is 16.7 Å². The second-order valence-electron chi connectivity index (χ2n) is 7.06. The van der Waals surface area contributed by atoms with Gasteiger partial charge in [0.05, 0.1) is 18.4 Å². The maximum Gasteiger partial charge on any atom is 0.339 e. The van der Waals surface area contributed by atoms with E-state index in [1.54, 1.807) is 24.3 Å². The summed E-state index contributed by atoms with van der Waals surface area (Å²) >= 11 is 0. The Morgan fingerprint density at radius 1 is 1.26 bits per heavy atom. The van der Waals surface area contributed by atoms with Crippen molar-refractivity contribution in [2.45, 2.75) is 33.1 Å². The fourth-order valence-corrected chi connectivity index (χ4v) is 4.10. The molecular weight excluding hydrogens is 294 g/mol. The summed E-state index contributed by atoms with van der Waals surface area (Å²) in [6.07, 6.45) is 2.09. The highest BCUT2D eigenvalue weighted by Gasteiger charge is 2.65. The Morgan fingerprint density at radius 2 is 1.96 bits per heavy atom. The second-order valence-corrected chi connectivity index (χ2v) is 7.06. The molecule has 1 N–H and O–H groups in total. The van der Waals surface area contributed by atoms with Crippen molar-refractivity contribution < 1.29 is 19.1 Å². The second kappa shape index (κ2) is 5.18. The molecule has 2 aliphatic rings. The van der Waals surface area contributed by atoms with E-state index in [4.69, 9.17) is 4.74 Å². The predicted octanol–water partition coefficient (Wildman–Crippen LogP) is 2.81. The molecule has 3 rings (SSSR count). The van der Waals surface area contributed by atoms with E-state index >= 15 is 0 Å². The Labute approximate surface area is 135 Å². The molecule has 5 nitrogen and oxygen atoms in total. The topological polar surface area (TPSA) is 72.5 Å². The number of ketones is 1. The van der Waals surface area contributed by atoms with Gasteiger partial charge in [-0.05, 0) is 37.3 Å². The summed E-state index contributed by atoms with van der Waals surface area (Å²) in [6.45, 7) is 3.85. The van der Waals surface area contributed by atoms with Gasteiger partial charge in [-0.2, -0.15) is 0 Å². The summed E-state index contributed by atoms with van der Waals surface area (Å²) in [6, 6.07) is 6.68. The molecule has 0 spiro atoms. The van der Waals surface area contributed by atoms with Crippen LogP contribution in [0.1, 0.15) is 43.5 Å². The molecule has 0 radical (unpaired) electrons. The van der Waals surface area contributed by atoms with Crippen molar-refractivity contribution in [3.8, 4) is 0 Å². The molecule has 0 saturated heterocycles. The van der Waals surface area contributed by atoms with Gasteiger partial charge in [-0.15, -0.1) is 0 Å². The number of Topliss-reactive ketones (excluding diaryl/α,β-unsaturated/α-hetero) is 1. The van der Waals surface area contributed by atoms with E-state index in [-0.39, 0.29) is 17.6 Å². The van der Waals surface area contributed by atoms with E-state index in [2.05, 4.69) is 5.32 Å². The molecule has 23 heavy (non-hydrogen) atoms. The molecule has 2 atom stereocenters. The number of para-hydroxylation sites is 1. The van der Waals surface area contributed by atoms with E-state index in [0.717, 1.165) is 6.42 Å². The van der Waals surface area contributed by atoms with Gasteiger partial charge >= 0.3 is 5.97 Å². The number of amides is 1. The first-order valence-electron chi connectivity index (χ1n) is 7.86. The van der Waals surface area contributed by atoms with Crippen LogP contribution in [0.5, 0.6) is 0 Å². The van der Waals surface area contributed by atoms with Crippen LogP contribution in [0.3, 0.4) is 0 Å². The van der Waals surface area contributed by atoms with E-state index in [1.165, 1.54) is 7.11 Å². The number of rotatable bonds is 3. The molecule has 2 fully saturated rings. The largest absolute Gasteiger partial charge is 0.465 e. The summed E-state index contributed by atoms with van der Waals surface area (Å²) < 4.78 is 4.74. The van der Waals surface area contributed by atoms with Crippen molar-refractivity contribution in [3.05, 3.63) is 29.8 Å². The lowest BCUT2D eigenvalue weighted by Gasteiger charge is -2.32. The van der Waals surface area contributed by atoms with Crippen molar-refractivity contribution >= 4 is 23.3 Å². The number of hydrogen-bond acceptors (Lipinski definition) is 4. The first-order valence-corrected chi connectivity index (χ1v) is 7.86. The summed E-state index contributed by atoms with van der Waals surface area (Å²) in [5, 5.41) is 2.79. The predicted molar refractivity (Wildman–Crippen MR) is 85.0 cm³/mol. The summed E-state index contributed by atoms with van der Waals surface area (Å²) in [4.78, 5) is 37.5. The van der Waals surface area contributed by atoms with Gasteiger partial charge in [-0.3, -0.25) is 9.59 Å². The van der Waals surface area contributed by atoms with Crippen LogP contribution in [0, 0.1) is 16.7 Å². The van der Waals surface area contributed by atoms with E-state index in [0.29, 0.717) is 24.1 Å². The Kier molecular flexibility index (Phi) is 3.54. The molecule has 2 saturated carbocycles. The van der Waals surface area contributed by atoms with Crippen molar-refractivity contribution in [2.75, 3.05) is 12.4 Å². The molecule has 0 heterocycles. The van der Waals surface area contributed by atoms with Crippen LogP contribution in [0.4, 0.5) is 5.69 Å². The lowest BCUT2D eigenvalue weighted by Crippen LogP contribution is -2.44. The third kappa shape index (κ3) is 2.18. The third-order valence-corrected chi connectivity index (χ3v) is 5.57. The molecule has 1 aromatic carbocycles. The average molecular weight is 315 g/mol. The first-order chi connectivity index (χ1) is 10.8. The number of carbonyl (C=O) groups is 3. The number of methoxy groups -OCH3 is 1. The standard InChI is InChI=1S/C18H21NO4/c1-17(2)11-8-9-18(10-11,15(17)21)16(22)19-13-7-5-4-6-12(13)14(20)23-3/h4-7,11H,8-10H2,1-3H3,(H,19,22)/t11-,18-/m1/s1. The van der Waals surface area contributed by atoms with Crippen LogP contribution >= 0.6 is 0 Å². The van der Waals surface area contributed by atoms with Gasteiger partial charge in [0.1, 0.15) is 5.41 Å². The highest BCUT2D eigenvalue weighted by Crippen LogP contribution is 2.60. The van der Waals surface area contributed by atoms with Crippen LogP contribution in [-0.4, -0.2) is 24.8 Å². The van der Waals surface area contributed by atoms with Gasteiger partial charge in [0.2, 0.25) is 5.91 Å².